The molecule has 0 radical (unpaired) electrons. The van der Waals surface area contributed by atoms with E-state index in [1.807, 2.05) is 0 Å². The summed E-state index contributed by atoms with van der Waals surface area (Å²) in [5.41, 5.74) is 6.15. The van der Waals surface area contributed by atoms with Crippen LogP contribution in [0, 0.1) is 0 Å². The highest BCUT2D eigenvalue weighted by molar-refractivity contribution is 8.06. The Morgan fingerprint density at radius 1 is 1.38 bits per heavy atom. The van der Waals surface area contributed by atoms with Crippen molar-refractivity contribution < 1.29 is 21.6 Å². The van der Waals surface area contributed by atoms with Gasteiger partial charge in [0.15, 0.2) is 14.9 Å². The Kier molecular flexibility index (Phi) is 4.00. The predicted molar refractivity (Wildman–Crippen MR) is 73.3 cm³/mol. The Morgan fingerprint density at radius 2 is 2.05 bits per heavy atom. The number of hydrogen-bond donors (Lipinski definition) is 1. The van der Waals surface area contributed by atoms with Gasteiger partial charge in [-0.1, -0.05) is 0 Å². The predicted octanol–water partition coefficient (Wildman–Crippen LogP) is -1.73. The number of aromatic nitrogens is 2. The molecular formula is C10H14N4O5S2. The molecule has 0 aliphatic carbocycles. The molecule has 9 nitrogen and oxygen atoms in total. The van der Waals surface area contributed by atoms with E-state index in [1.54, 1.807) is 0 Å². The number of primary amides is 1. The smallest absolute Gasteiger partial charge is 0.286 e. The number of fused-ring (bicyclic) bond motifs is 1. The van der Waals surface area contributed by atoms with Gasteiger partial charge in [0.25, 0.3) is 5.91 Å². The Hall–Kier alpha value is -1.59. The van der Waals surface area contributed by atoms with Crippen molar-refractivity contribution in [3.63, 3.8) is 0 Å². The number of nitrogens with two attached hydrogens (primary N) is 1. The van der Waals surface area contributed by atoms with E-state index in [9.17, 15) is 21.6 Å². The Labute approximate surface area is 122 Å². The van der Waals surface area contributed by atoms with Gasteiger partial charge in [-0.2, -0.15) is 4.31 Å². The zero-order valence-electron chi connectivity index (χ0n) is 11.2. The molecule has 1 aromatic heterocycles. The summed E-state index contributed by atoms with van der Waals surface area (Å²) in [5.74, 6) is -1.01. The number of sulfonamides is 1. The zero-order chi connectivity index (χ0) is 15.8. The molecule has 0 unspecified atom stereocenters. The fraction of sp³-hybridized carbons (Fsp3) is 0.500. The number of carbonyl (C=O) groups is 1. The first-order valence-electron chi connectivity index (χ1n) is 5.88. The summed E-state index contributed by atoms with van der Waals surface area (Å²) in [6.45, 7) is 0.0418. The van der Waals surface area contributed by atoms with Crippen molar-refractivity contribution in [1.29, 1.82) is 0 Å². The molecule has 0 atom stereocenters. The molecule has 116 valence electrons. The van der Waals surface area contributed by atoms with Gasteiger partial charge in [0.2, 0.25) is 15.8 Å². The summed E-state index contributed by atoms with van der Waals surface area (Å²) in [6.07, 6.45) is 2.64. The van der Waals surface area contributed by atoms with Crippen LogP contribution in [0.25, 0.3) is 0 Å². The van der Waals surface area contributed by atoms with E-state index in [0.717, 1.165) is 10.6 Å². The van der Waals surface area contributed by atoms with Gasteiger partial charge >= 0.3 is 0 Å². The third kappa shape index (κ3) is 3.74. The summed E-state index contributed by atoms with van der Waals surface area (Å²) in [5, 5.41) is -0.955. The van der Waals surface area contributed by atoms with Gasteiger partial charge < -0.3 is 5.73 Å². The number of carbonyl (C=O) groups excluding carboxylic acids is 1. The molecule has 0 aromatic carbocycles. The lowest BCUT2D eigenvalue weighted by molar-refractivity contribution is 0.0990. The molecule has 1 aliphatic rings. The largest absolute Gasteiger partial charge is 0.363 e. The third-order valence-corrected chi connectivity index (χ3v) is 6.89. The Bertz CT molecular complexity index is 788. The molecular weight excluding hydrogens is 320 g/mol. The number of hydrogen-bond acceptors (Lipinski definition) is 7. The van der Waals surface area contributed by atoms with Gasteiger partial charge in [0.1, 0.15) is 0 Å². The van der Waals surface area contributed by atoms with Crippen LogP contribution < -0.4 is 5.73 Å². The summed E-state index contributed by atoms with van der Waals surface area (Å²) < 4.78 is 47.5. The minimum atomic E-state index is -3.95. The zero-order valence-corrected chi connectivity index (χ0v) is 12.8. The van der Waals surface area contributed by atoms with Crippen LogP contribution in [0.15, 0.2) is 6.20 Å². The molecule has 0 fully saturated rings. The van der Waals surface area contributed by atoms with Gasteiger partial charge in [-0.05, 0) is 12.0 Å². The third-order valence-electron chi connectivity index (χ3n) is 2.89. The first-order chi connectivity index (χ1) is 9.58. The van der Waals surface area contributed by atoms with Crippen LogP contribution in [-0.4, -0.2) is 54.9 Å². The van der Waals surface area contributed by atoms with Gasteiger partial charge in [-0.3, -0.25) is 4.79 Å². The van der Waals surface area contributed by atoms with Gasteiger partial charge in [0.05, 0.1) is 12.2 Å². The normalized spacial score (nSPS) is 16.4. The minimum Gasteiger partial charge on any atom is -0.363 e. The van der Waals surface area contributed by atoms with E-state index in [-0.39, 0.29) is 18.9 Å². The van der Waals surface area contributed by atoms with E-state index < -0.39 is 30.9 Å². The summed E-state index contributed by atoms with van der Waals surface area (Å²) in [6, 6.07) is 0. The lowest BCUT2D eigenvalue weighted by Gasteiger charge is -2.26. The van der Waals surface area contributed by atoms with Crippen molar-refractivity contribution in [2.75, 3.05) is 17.9 Å². The van der Waals surface area contributed by atoms with Crippen LogP contribution in [-0.2, 0) is 32.8 Å². The highest BCUT2D eigenvalue weighted by atomic mass is 32.3. The summed E-state index contributed by atoms with van der Waals surface area (Å²) in [7, 11) is -7.61. The van der Waals surface area contributed by atoms with Gasteiger partial charge in [-0.15, -0.1) is 0 Å². The molecule has 2 heterocycles. The lowest BCUT2D eigenvalue weighted by atomic mass is 10.1. The SMILES string of the molecule is CS(=O)(=O)CS(=O)(=O)N1CCc2cnc(C(N)=O)nc2C1. The van der Waals surface area contributed by atoms with E-state index in [1.165, 1.54) is 6.20 Å². The fourth-order valence-corrected chi connectivity index (χ4v) is 5.43. The van der Waals surface area contributed by atoms with E-state index in [4.69, 9.17) is 5.73 Å². The summed E-state index contributed by atoms with van der Waals surface area (Å²) >= 11 is 0. The number of rotatable bonds is 4. The molecule has 0 spiro atoms. The second-order valence-electron chi connectivity index (χ2n) is 4.77. The molecule has 0 saturated carbocycles. The summed E-state index contributed by atoms with van der Waals surface area (Å²) in [4.78, 5) is 18.8. The van der Waals surface area contributed by atoms with Gasteiger partial charge in [-0.25, -0.2) is 26.8 Å². The Balaban J connectivity index is 2.30. The van der Waals surface area contributed by atoms with Crippen LogP contribution in [0.1, 0.15) is 21.9 Å². The fourth-order valence-electron chi connectivity index (χ4n) is 1.98. The molecule has 0 saturated heterocycles. The van der Waals surface area contributed by atoms with Crippen molar-refractivity contribution in [1.82, 2.24) is 14.3 Å². The van der Waals surface area contributed by atoms with E-state index in [2.05, 4.69) is 9.97 Å². The average Bonchev–Trinajstić information content (AvgIpc) is 2.34. The maximum Gasteiger partial charge on any atom is 0.286 e. The standard InChI is InChI=1S/C10H14N4O5S2/c1-20(16,17)6-21(18,19)14-3-2-7-4-12-10(9(11)15)13-8(7)5-14/h4H,2-3,5-6H2,1H3,(H2,11,15). The van der Waals surface area contributed by atoms with Crippen molar-refractivity contribution in [3.8, 4) is 0 Å². The highest BCUT2D eigenvalue weighted by Gasteiger charge is 2.30. The highest BCUT2D eigenvalue weighted by Crippen LogP contribution is 2.19. The molecule has 2 N–H and O–H groups in total. The molecule has 1 amide bonds. The number of sulfone groups is 1. The maximum atomic E-state index is 12.0. The molecule has 1 aromatic rings. The van der Waals surface area contributed by atoms with Crippen LogP contribution in [0.2, 0.25) is 0 Å². The molecule has 1 aliphatic heterocycles. The van der Waals surface area contributed by atoms with Crippen molar-refractivity contribution in [3.05, 3.63) is 23.3 Å². The van der Waals surface area contributed by atoms with Crippen molar-refractivity contribution in [2.24, 2.45) is 5.73 Å². The Morgan fingerprint density at radius 3 is 2.62 bits per heavy atom. The second-order valence-corrected chi connectivity index (χ2v) is 9.24. The molecule has 0 bridgehead atoms. The first kappa shape index (κ1) is 15.8. The van der Waals surface area contributed by atoms with Crippen molar-refractivity contribution in [2.45, 2.75) is 13.0 Å². The molecule has 11 heteroatoms. The maximum absolute atomic E-state index is 12.0. The topological polar surface area (TPSA) is 140 Å². The van der Waals surface area contributed by atoms with Crippen LogP contribution in [0.5, 0.6) is 0 Å². The van der Waals surface area contributed by atoms with E-state index >= 15 is 0 Å². The average molecular weight is 334 g/mol. The number of nitrogens with zero attached hydrogens (tertiary/aromatic N) is 3. The molecule has 2 rings (SSSR count). The quantitative estimate of drug-likeness (QED) is 0.689. The molecule has 21 heavy (non-hydrogen) atoms. The van der Waals surface area contributed by atoms with Crippen LogP contribution >= 0.6 is 0 Å². The van der Waals surface area contributed by atoms with Gasteiger partial charge in [0, 0.05) is 19.0 Å². The van der Waals surface area contributed by atoms with Crippen LogP contribution in [0.4, 0.5) is 0 Å². The lowest BCUT2D eigenvalue weighted by Crippen LogP contribution is -2.39. The number of amides is 1. The minimum absolute atomic E-state index is 0.101. The first-order valence-corrected chi connectivity index (χ1v) is 9.55. The van der Waals surface area contributed by atoms with Crippen LogP contribution in [0.3, 0.4) is 0 Å². The van der Waals surface area contributed by atoms with E-state index in [0.29, 0.717) is 17.7 Å². The van der Waals surface area contributed by atoms with Crippen molar-refractivity contribution >= 4 is 25.8 Å². The monoisotopic (exact) mass is 334 g/mol. The second kappa shape index (κ2) is 5.31.